The zero-order chi connectivity index (χ0) is 24.5. The number of pyridine rings is 1. The Morgan fingerprint density at radius 1 is 1.12 bits per heavy atom. The third-order valence-electron chi connectivity index (χ3n) is 4.78. The van der Waals surface area contributed by atoms with Gasteiger partial charge in [-0.15, -0.1) is 0 Å². The Morgan fingerprint density at radius 3 is 2.47 bits per heavy atom. The topological polar surface area (TPSA) is 146 Å². The molecule has 0 radical (unpaired) electrons. The van der Waals surface area contributed by atoms with Crippen LogP contribution in [0.25, 0.3) is 11.3 Å². The molecule has 0 bridgehead atoms. The van der Waals surface area contributed by atoms with Crippen LogP contribution in [0.1, 0.15) is 19.5 Å². The third kappa shape index (κ3) is 5.37. The highest BCUT2D eigenvalue weighted by Gasteiger charge is 2.25. The fourth-order valence-electron chi connectivity index (χ4n) is 3.26. The minimum Gasteiger partial charge on any atom is -0.491 e. The van der Waals surface area contributed by atoms with Crippen molar-refractivity contribution in [1.29, 1.82) is 0 Å². The Balaban J connectivity index is 1.63. The zero-order valence-electron chi connectivity index (χ0n) is 18.8. The van der Waals surface area contributed by atoms with Crippen LogP contribution in [0.5, 0.6) is 17.2 Å². The second-order valence-electron chi connectivity index (χ2n) is 8.02. The summed E-state index contributed by atoms with van der Waals surface area (Å²) in [5.74, 6) is 1.21. The maximum absolute atomic E-state index is 11.6. The van der Waals surface area contributed by atoms with Gasteiger partial charge < -0.3 is 24.9 Å². The third-order valence-corrected chi connectivity index (χ3v) is 5.78. The molecule has 1 atom stereocenters. The van der Waals surface area contributed by atoms with Crippen LogP contribution in [0, 0.1) is 0 Å². The van der Waals surface area contributed by atoms with Gasteiger partial charge in [-0.2, -0.15) is 0 Å². The minimum atomic E-state index is -3.40. The molecule has 1 aliphatic rings. The van der Waals surface area contributed by atoms with Crippen LogP contribution in [0.2, 0.25) is 0 Å². The van der Waals surface area contributed by atoms with Crippen molar-refractivity contribution in [2.45, 2.75) is 31.0 Å². The van der Waals surface area contributed by atoms with Gasteiger partial charge in [-0.05, 0) is 50.2 Å². The summed E-state index contributed by atoms with van der Waals surface area (Å²) < 4.78 is 40.6. The lowest BCUT2D eigenvalue weighted by Crippen LogP contribution is -2.27. The Bertz CT molecular complexity index is 1350. The predicted molar refractivity (Wildman–Crippen MR) is 125 cm³/mol. The number of carbonyl (C=O) groups excluding carboxylic acids is 1. The van der Waals surface area contributed by atoms with Gasteiger partial charge in [-0.3, -0.25) is 4.79 Å². The number of H-pyrrole nitrogens is 1. The fourth-order valence-corrected chi connectivity index (χ4v) is 3.82. The quantitative estimate of drug-likeness (QED) is 0.500. The molecule has 3 aromatic rings. The first-order valence-corrected chi connectivity index (χ1v) is 12.3. The number of amides is 1. The van der Waals surface area contributed by atoms with E-state index >= 15 is 0 Å². The molecule has 0 spiro atoms. The van der Waals surface area contributed by atoms with E-state index in [2.05, 4.69) is 15.0 Å². The lowest BCUT2D eigenvalue weighted by molar-refractivity contribution is -0.119. The molecule has 0 aliphatic carbocycles. The SMILES string of the molecule is CC(C)Oc1cc(Oc2ccc(S(C)(=O)=O)nc2)cc(-c2ccc(C3=NC(C(N)=O)CO3)[nH]2)c1. The van der Waals surface area contributed by atoms with E-state index in [1.165, 1.54) is 18.3 Å². The number of nitrogens with two attached hydrogens (primary N) is 1. The van der Waals surface area contributed by atoms with E-state index in [0.29, 0.717) is 28.8 Å². The van der Waals surface area contributed by atoms with Crippen molar-refractivity contribution in [3.05, 3.63) is 54.4 Å². The minimum absolute atomic E-state index is 0.0352. The van der Waals surface area contributed by atoms with E-state index in [4.69, 9.17) is 19.9 Å². The molecule has 0 saturated carbocycles. The molecule has 1 unspecified atom stereocenters. The highest BCUT2D eigenvalue weighted by molar-refractivity contribution is 7.90. The molecule has 10 nitrogen and oxygen atoms in total. The monoisotopic (exact) mass is 484 g/mol. The average Bonchev–Trinajstić information content (AvgIpc) is 3.43. The number of hydrogen-bond acceptors (Lipinski definition) is 8. The number of nitrogens with one attached hydrogen (secondary N) is 1. The molecular weight excluding hydrogens is 460 g/mol. The summed E-state index contributed by atoms with van der Waals surface area (Å²) >= 11 is 0. The summed E-state index contributed by atoms with van der Waals surface area (Å²) in [6.45, 7) is 3.94. The average molecular weight is 485 g/mol. The first kappa shape index (κ1) is 23.3. The van der Waals surface area contributed by atoms with Crippen LogP contribution >= 0.6 is 0 Å². The number of sulfone groups is 1. The van der Waals surface area contributed by atoms with Gasteiger partial charge in [0, 0.05) is 23.6 Å². The van der Waals surface area contributed by atoms with Gasteiger partial charge in [0.2, 0.25) is 11.8 Å². The van der Waals surface area contributed by atoms with Crippen LogP contribution in [-0.2, 0) is 19.4 Å². The van der Waals surface area contributed by atoms with Gasteiger partial charge in [0.15, 0.2) is 20.9 Å². The van der Waals surface area contributed by atoms with E-state index in [9.17, 15) is 13.2 Å². The highest BCUT2D eigenvalue weighted by Crippen LogP contribution is 2.33. The van der Waals surface area contributed by atoms with Gasteiger partial charge in [-0.25, -0.2) is 18.4 Å². The van der Waals surface area contributed by atoms with E-state index in [0.717, 1.165) is 17.5 Å². The smallest absolute Gasteiger partial charge is 0.245 e. The maximum Gasteiger partial charge on any atom is 0.245 e. The molecule has 4 rings (SSSR count). The summed E-state index contributed by atoms with van der Waals surface area (Å²) in [5.41, 5.74) is 7.42. The molecule has 3 heterocycles. The van der Waals surface area contributed by atoms with Crippen molar-refractivity contribution in [3.63, 3.8) is 0 Å². The van der Waals surface area contributed by atoms with Crippen molar-refractivity contribution >= 4 is 21.6 Å². The molecule has 1 aliphatic heterocycles. The van der Waals surface area contributed by atoms with Gasteiger partial charge in [0.1, 0.15) is 29.5 Å². The Labute approximate surface area is 196 Å². The van der Waals surface area contributed by atoms with Gasteiger partial charge >= 0.3 is 0 Å². The normalized spacial score (nSPS) is 15.6. The number of benzene rings is 1. The number of aromatic amines is 1. The molecule has 0 fully saturated rings. The summed E-state index contributed by atoms with van der Waals surface area (Å²) in [7, 11) is -3.40. The summed E-state index contributed by atoms with van der Waals surface area (Å²) in [6.07, 6.45) is 2.38. The van der Waals surface area contributed by atoms with Crippen LogP contribution in [-0.4, -0.2) is 55.2 Å². The van der Waals surface area contributed by atoms with Gasteiger partial charge in [0.05, 0.1) is 12.3 Å². The van der Waals surface area contributed by atoms with E-state index in [1.54, 1.807) is 18.2 Å². The van der Waals surface area contributed by atoms with Gasteiger partial charge in [0.25, 0.3) is 0 Å². The number of carbonyl (C=O) groups is 1. The van der Waals surface area contributed by atoms with Crippen LogP contribution < -0.4 is 15.2 Å². The number of nitrogens with zero attached hydrogens (tertiary/aromatic N) is 2. The van der Waals surface area contributed by atoms with Crippen LogP contribution in [0.4, 0.5) is 0 Å². The molecule has 1 amide bonds. The predicted octanol–water partition coefficient (Wildman–Crippen LogP) is 2.69. The summed E-state index contributed by atoms with van der Waals surface area (Å²) in [4.78, 5) is 22.7. The molecule has 11 heteroatoms. The number of primary amides is 1. The highest BCUT2D eigenvalue weighted by atomic mass is 32.2. The summed E-state index contributed by atoms with van der Waals surface area (Å²) in [5, 5.41) is -0.0352. The standard InChI is InChI=1S/C23H24N4O6S/c1-13(2)32-16-8-14(18-5-6-19(26-18)23-27-20(12-31-23)22(24)28)9-17(10-16)33-15-4-7-21(25-11-15)34(3,29)30/h4-11,13,20,26H,12H2,1-3H3,(H2,24,28). The zero-order valence-corrected chi connectivity index (χ0v) is 19.6. The second-order valence-corrected chi connectivity index (χ2v) is 9.98. The molecule has 3 N–H and O–H groups in total. The van der Waals surface area contributed by atoms with Crippen LogP contribution in [0.15, 0.2) is 58.7 Å². The van der Waals surface area contributed by atoms with Crippen molar-refractivity contribution in [2.75, 3.05) is 12.9 Å². The number of aliphatic imine (C=N–C) groups is 1. The van der Waals surface area contributed by atoms with E-state index in [-0.39, 0.29) is 17.7 Å². The van der Waals surface area contributed by atoms with Gasteiger partial charge in [-0.1, -0.05) is 0 Å². The van der Waals surface area contributed by atoms with Crippen molar-refractivity contribution in [3.8, 4) is 28.5 Å². The molecular formula is C23H24N4O6S. The molecule has 178 valence electrons. The van der Waals surface area contributed by atoms with Crippen LogP contribution in [0.3, 0.4) is 0 Å². The number of rotatable bonds is 8. The van der Waals surface area contributed by atoms with Crippen molar-refractivity contribution in [2.24, 2.45) is 10.7 Å². The van der Waals surface area contributed by atoms with E-state index in [1.807, 2.05) is 26.0 Å². The number of hydrogen-bond donors (Lipinski definition) is 2. The second kappa shape index (κ2) is 9.18. The number of ether oxygens (including phenoxy) is 3. The molecule has 34 heavy (non-hydrogen) atoms. The Kier molecular flexibility index (Phi) is 6.29. The first-order valence-electron chi connectivity index (χ1n) is 10.4. The fraction of sp³-hybridized carbons (Fsp3) is 0.261. The van der Waals surface area contributed by atoms with Crippen molar-refractivity contribution in [1.82, 2.24) is 9.97 Å². The molecule has 1 aromatic carbocycles. The van der Waals surface area contributed by atoms with E-state index < -0.39 is 21.8 Å². The number of aromatic nitrogens is 2. The summed E-state index contributed by atoms with van der Waals surface area (Å²) in [6, 6.07) is 11.3. The Morgan fingerprint density at radius 2 is 1.85 bits per heavy atom. The molecule has 0 saturated heterocycles. The maximum atomic E-state index is 11.6. The lowest BCUT2D eigenvalue weighted by Gasteiger charge is -2.14. The Hall–Kier alpha value is -3.86. The first-order chi connectivity index (χ1) is 16.1. The largest absolute Gasteiger partial charge is 0.491 e. The lowest BCUT2D eigenvalue weighted by atomic mass is 10.1. The van der Waals surface area contributed by atoms with Crippen molar-refractivity contribution < 1.29 is 27.4 Å². The molecule has 2 aromatic heterocycles.